The molecule has 0 radical (unpaired) electrons. The van der Waals surface area contributed by atoms with Crippen molar-refractivity contribution < 1.29 is 14.3 Å². The summed E-state index contributed by atoms with van der Waals surface area (Å²) >= 11 is 0. The standard InChI is InChI=1S/C22H26N4O3/c1-29-19-5-3-2-4-18(19)25-12-14-26(15-13-25)21(28)22(8-9-22)20(27)24-16-17-6-10-23-11-7-17/h2-7,10-11H,8-9,12-16H2,1H3,(H,24,27). The maximum absolute atomic E-state index is 13.1. The molecule has 2 aliphatic rings. The van der Waals surface area contributed by atoms with E-state index in [1.165, 1.54) is 0 Å². The minimum Gasteiger partial charge on any atom is -0.495 e. The van der Waals surface area contributed by atoms with E-state index in [2.05, 4.69) is 15.2 Å². The van der Waals surface area contributed by atoms with Gasteiger partial charge in [-0.2, -0.15) is 0 Å². The van der Waals surface area contributed by atoms with Gasteiger partial charge in [-0.3, -0.25) is 14.6 Å². The molecular weight excluding hydrogens is 368 g/mol. The molecule has 2 fully saturated rings. The molecule has 0 bridgehead atoms. The molecule has 1 aliphatic carbocycles. The van der Waals surface area contributed by atoms with Crippen LogP contribution in [0.5, 0.6) is 5.75 Å². The Bertz CT molecular complexity index is 875. The van der Waals surface area contributed by atoms with Crippen molar-refractivity contribution in [1.29, 1.82) is 0 Å². The van der Waals surface area contributed by atoms with Crippen LogP contribution in [0.4, 0.5) is 5.69 Å². The molecule has 7 nitrogen and oxygen atoms in total. The number of piperazine rings is 1. The Kier molecular flexibility index (Phi) is 5.38. The number of nitrogens with zero attached hydrogens (tertiary/aromatic N) is 3. The van der Waals surface area contributed by atoms with Gasteiger partial charge in [0.05, 0.1) is 12.8 Å². The molecule has 1 saturated heterocycles. The first-order chi connectivity index (χ1) is 14.1. The van der Waals surface area contributed by atoms with E-state index in [9.17, 15) is 9.59 Å². The van der Waals surface area contributed by atoms with Crippen LogP contribution >= 0.6 is 0 Å². The summed E-state index contributed by atoms with van der Waals surface area (Å²) in [5.74, 6) is 0.636. The molecule has 0 spiro atoms. The Morgan fingerprint density at radius 2 is 1.76 bits per heavy atom. The van der Waals surface area contributed by atoms with E-state index in [1.807, 2.05) is 41.3 Å². The number of hydrogen-bond donors (Lipinski definition) is 1. The van der Waals surface area contributed by atoms with Gasteiger partial charge in [0.15, 0.2) is 0 Å². The number of aromatic nitrogens is 1. The second-order valence-corrected chi connectivity index (χ2v) is 7.57. The summed E-state index contributed by atoms with van der Waals surface area (Å²) in [5.41, 5.74) is 1.14. The number of pyridine rings is 1. The zero-order valence-corrected chi connectivity index (χ0v) is 16.6. The minimum atomic E-state index is -0.875. The van der Waals surface area contributed by atoms with Crippen molar-refractivity contribution in [3.63, 3.8) is 0 Å². The predicted octanol–water partition coefficient (Wildman–Crippen LogP) is 1.84. The van der Waals surface area contributed by atoms with E-state index < -0.39 is 5.41 Å². The van der Waals surface area contributed by atoms with Crippen LogP contribution in [-0.2, 0) is 16.1 Å². The molecule has 4 rings (SSSR count). The van der Waals surface area contributed by atoms with Gasteiger partial charge in [0, 0.05) is 45.1 Å². The summed E-state index contributed by atoms with van der Waals surface area (Å²) in [6.07, 6.45) is 4.64. The lowest BCUT2D eigenvalue weighted by Gasteiger charge is -2.38. The lowest BCUT2D eigenvalue weighted by molar-refractivity contribution is -0.144. The molecule has 1 aliphatic heterocycles. The fourth-order valence-corrected chi connectivity index (χ4v) is 3.86. The Labute approximate surface area is 170 Å². The van der Waals surface area contributed by atoms with Crippen LogP contribution in [0.25, 0.3) is 0 Å². The van der Waals surface area contributed by atoms with Crippen LogP contribution in [0.15, 0.2) is 48.8 Å². The maximum Gasteiger partial charge on any atom is 0.238 e. The van der Waals surface area contributed by atoms with Gasteiger partial charge >= 0.3 is 0 Å². The molecule has 0 unspecified atom stereocenters. The Morgan fingerprint density at radius 1 is 1.07 bits per heavy atom. The SMILES string of the molecule is COc1ccccc1N1CCN(C(=O)C2(C(=O)NCc3ccncc3)CC2)CC1. The van der Waals surface area contributed by atoms with Crippen molar-refractivity contribution in [2.24, 2.45) is 5.41 Å². The molecule has 2 aromatic rings. The molecule has 2 heterocycles. The second-order valence-electron chi connectivity index (χ2n) is 7.57. The van der Waals surface area contributed by atoms with E-state index in [4.69, 9.17) is 4.74 Å². The van der Waals surface area contributed by atoms with E-state index in [0.29, 0.717) is 32.5 Å². The van der Waals surface area contributed by atoms with Crippen molar-refractivity contribution in [2.75, 3.05) is 38.2 Å². The number of benzene rings is 1. The van der Waals surface area contributed by atoms with Gasteiger partial charge in [0.25, 0.3) is 0 Å². The molecule has 1 N–H and O–H groups in total. The average molecular weight is 394 g/mol. The topological polar surface area (TPSA) is 74.8 Å². The molecule has 1 saturated carbocycles. The van der Waals surface area contributed by atoms with Gasteiger partial charge in [-0.1, -0.05) is 12.1 Å². The van der Waals surface area contributed by atoms with Gasteiger partial charge in [-0.25, -0.2) is 0 Å². The molecular formula is C22H26N4O3. The molecule has 29 heavy (non-hydrogen) atoms. The highest BCUT2D eigenvalue weighted by Gasteiger charge is 2.58. The number of carbonyl (C=O) groups excluding carboxylic acids is 2. The predicted molar refractivity (Wildman–Crippen MR) is 110 cm³/mol. The summed E-state index contributed by atoms with van der Waals surface area (Å²) in [7, 11) is 1.67. The summed E-state index contributed by atoms with van der Waals surface area (Å²) in [4.78, 5) is 33.9. The van der Waals surface area contributed by atoms with Crippen molar-refractivity contribution in [3.05, 3.63) is 54.4 Å². The quantitative estimate of drug-likeness (QED) is 0.757. The van der Waals surface area contributed by atoms with Gasteiger partial charge in [0.2, 0.25) is 11.8 Å². The molecule has 152 valence electrons. The van der Waals surface area contributed by atoms with E-state index in [1.54, 1.807) is 19.5 Å². The van der Waals surface area contributed by atoms with E-state index in [0.717, 1.165) is 30.1 Å². The highest BCUT2D eigenvalue weighted by atomic mass is 16.5. The highest BCUT2D eigenvalue weighted by Crippen LogP contribution is 2.47. The third kappa shape index (κ3) is 3.90. The van der Waals surface area contributed by atoms with Gasteiger partial charge in [-0.15, -0.1) is 0 Å². The Morgan fingerprint density at radius 3 is 2.41 bits per heavy atom. The lowest BCUT2D eigenvalue weighted by Crippen LogP contribution is -2.53. The van der Waals surface area contributed by atoms with Crippen molar-refractivity contribution in [1.82, 2.24) is 15.2 Å². The van der Waals surface area contributed by atoms with Gasteiger partial charge in [0.1, 0.15) is 11.2 Å². The van der Waals surface area contributed by atoms with Gasteiger partial charge in [-0.05, 0) is 42.7 Å². The smallest absolute Gasteiger partial charge is 0.238 e. The summed E-state index contributed by atoms with van der Waals surface area (Å²) in [6, 6.07) is 11.6. The lowest BCUT2D eigenvalue weighted by atomic mass is 10.0. The van der Waals surface area contributed by atoms with Crippen LogP contribution in [0.1, 0.15) is 18.4 Å². The number of anilines is 1. The normalized spacial score (nSPS) is 17.6. The van der Waals surface area contributed by atoms with Crippen LogP contribution in [0.3, 0.4) is 0 Å². The Balaban J connectivity index is 1.35. The summed E-state index contributed by atoms with van der Waals surface area (Å²) in [6.45, 7) is 3.08. The fourth-order valence-electron chi connectivity index (χ4n) is 3.86. The number of rotatable bonds is 6. The maximum atomic E-state index is 13.1. The number of ether oxygens (including phenoxy) is 1. The number of methoxy groups -OCH3 is 1. The average Bonchev–Trinajstić information content (AvgIpc) is 3.60. The fraction of sp³-hybridized carbons (Fsp3) is 0.409. The molecule has 2 amide bonds. The number of para-hydroxylation sites is 2. The largest absolute Gasteiger partial charge is 0.495 e. The molecule has 0 atom stereocenters. The number of amides is 2. The van der Waals surface area contributed by atoms with Crippen LogP contribution < -0.4 is 15.0 Å². The first-order valence-corrected chi connectivity index (χ1v) is 9.98. The van der Waals surface area contributed by atoms with E-state index in [-0.39, 0.29) is 11.8 Å². The van der Waals surface area contributed by atoms with Crippen molar-refractivity contribution in [3.8, 4) is 5.75 Å². The molecule has 7 heteroatoms. The van der Waals surface area contributed by atoms with Crippen molar-refractivity contribution in [2.45, 2.75) is 19.4 Å². The number of hydrogen-bond acceptors (Lipinski definition) is 5. The van der Waals surface area contributed by atoms with Crippen LogP contribution in [0.2, 0.25) is 0 Å². The van der Waals surface area contributed by atoms with Gasteiger partial charge < -0.3 is 19.9 Å². The minimum absolute atomic E-state index is 0.0376. The Hall–Kier alpha value is -3.09. The molecule has 1 aromatic carbocycles. The third-order valence-corrected chi connectivity index (χ3v) is 5.79. The van der Waals surface area contributed by atoms with E-state index >= 15 is 0 Å². The zero-order valence-electron chi connectivity index (χ0n) is 16.6. The first kappa shape index (κ1) is 19.2. The zero-order chi connectivity index (χ0) is 20.3. The molecule has 1 aromatic heterocycles. The summed E-state index contributed by atoms with van der Waals surface area (Å²) in [5, 5.41) is 2.93. The van der Waals surface area contributed by atoms with Crippen molar-refractivity contribution >= 4 is 17.5 Å². The van der Waals surface area contributed by atoms with Crippen LogP contribution in [-0.4, -0.2) is 55.0 Å². The highest BCUT2D eigenvalue weighted by molar-refractivity contribution is 6.07. The first-order valence-electron chi connectivity index (χ1n) is 9.98. The monoisotopic (exact) mass is 394 g/mol. The summed E-state index contributed by atoms with van der Waals surface area (Å²) < 4.78 is 5.45. The second kappa shape index (κ2) is 8.11. The van der Waals surface area contributed by atoms with Crippen LogP contribution in [0, 0.1) is 5.41 Å². The number of nitrogens with one attached hydrogen (secondary N) is 1. The third-order valence-electron chi connectivity index (χ3n) is 5.79. The number of carbonyl (C=O) groups is 2.